The number of carbonyl (C=O) groups is 2. The van der Waals surface area contributed by atoms with Crippen molar-refractivity contribution in [3.8, 4) is 0 Å². The lowest BCUT2D eigenvalue weighted by molar-refractivity contribution is -0.137. The minimum atomic E-state index is -0.799. The van der Waals surface area contributed by atoms with E-state index in [0.717, 1.165) is 60.5 Å². The fourth-order valence-electron chi connectivity index (χ4n) is 6.60. The summed E-state index contributed by atoms with van der Waals surface area (Å²) in [5.41, 5.74) is 6.86. The molecule has 0 aliphatic rings. The number of rotatable bonds is 12. The first-order valence-corrected chi connectivity index (χ1v) is 21.6. The molecule has 0 aliphatic heterocycles. The number of carbonyl (C=O) groups excluding carboxylic acids is 1. The van der Waals surface area contributed by atoms with Gasteiger partial charge < -0.3 is 15.7 Å². The molecule has 11 heteroatoms. The van der Waals surface area contributed by atoms with E-state index in [1.807, 2.05) is 92.8 Å². The van der Waals surface area contributed by atoms with Gasteiger partial charge in [0.2, 0.25) is 5.91 Å². The summed E-state index contributed by atoms with van der Waals surface area (Å²) in [6.07, 6.45) is 5.12. The van der Waals surface area contributed by atoms with Crippen LogP contribution in [-0.4, -0.2) is 33.5 Å². The molecule has 0 aliphatic carbocycles. The highest BCUT2D eigenvalue weighted by Gasteiger charge is 2.16. The molecule has 304 valence electrons. The number of carboxylic acids is 1. The van der Waals surface area contributed by atoms with Gasteiger partial charge in [0, 0.05) is 55.1 Å². The number of anilines is 2. The number of hydrogen-bond acceptors (Lipinski definition) is 5. The third kappa shape index (κ3) is 13.1. The monoisotopic (exact) mass is 954 g/mol. The summed E-state index contributed by atoms with van der Waals surface area (Å²) >= 11 is 19.2. The molecular formula is C48H46Br2Cl2N4O3. The van der Waals surface area contributed by atoms with Crippen molar-refractivity contribution in [1.29, 1.82) is 0 Å². The van der Waals surface area contributed by atoms with Gasteiger partial charge in [-0.15, -0.1) is 0 Å². The van der Waals surface area contributed by atoms with Crippen LogP contribution < -0.4 is 10.6 Å². The van der Waals surface area contributed by atoms with E-state index in [1.54, 1.807) is 12.3 Å². The van der Waals surface area contributed by atoms with Crippen LogP contribution in [0.5, 0.6) is 0 Å². The molecule has 1 amide bonds. The molecule has 0 fully saturated rings. The van der Waals surface area contributed by atoms with Crippen molar-refractivity contribution >= 4 is 100 Å². The largest absolute Gasteiger partial charge is 0.481 e. The number of aliphatic carboxylic acids is 1. The average Bonchev–Trinajstić information content (AvgIpc) is 3.23. The van der Waals surface area contributed by atoms with Crippen molar-refractivity contribution in [3.05, 3.63) is 175 Å². The van der Waals surface area contributed by atoms with Gasteiger partial charge in [0.15, 0.2) is 0 Å². The van der Waals surface area contributed by atoms with E-state index in [0.29, 0.717) is 28.1 Å². The Bertz CT molecular complexity index is 2490. The smallest absolute Gasteiger partial charge is 0.303 e. The van der Waals surface area contributed by atoms with Gasteiger partial charge in [-0.25, -0.2) is 0 Å². The van der Waals surface area contributed by atoms with E-state index < -0.39 is 5.97 Å². The van der Waals surface area contributed by atoms with Gasteiger partial charge in [0.25, 0.3) is 0 Å². The molecule has 0 radical (unpaired) electrons. The lowest BCUT2D eigenvalue weighted by Crippen LogP contribution is -2.15. The third-order valence-corrected chi connectivity index (χ3v) is 11.9. The highest BCUT2D eigenvalue weighted by molar-refractivity contribution is 9.11. The van der Waals surface area contributed by atoms with Crippen molar-refractivity contribution in [3.63, 3.8) is 0 Å². The fraction of sp³-hybridized carbons (Fsp3) is 0.208. The zero-order valence-electron chi connectivity index (χ0n) is 33.0. The van der Waals surface area contributed by atoms with Crippen molar-refractivity contribution in [2.75, 3.05) is 17.2 Å². The van der Waals surface area contributed by atoms with Crippen LogP contribution in [0.3, 0.4) is 0 Å². The number of carboxylic acid groups (broad SMARTS) is 1. The summed E-state index contributed by atoms with van der Waals surface area (Å²) in [4.78, 5) is 31.8. The van der Waals surface area contributed by atoms with Gasteiger partial charge >= 0.3 is 5.97 Å². The Morgan fingerprint density at radius 3 is 1.64 bits per heavy atom. The van der Waals surface area contributed by atoms with Crippen LogP contribution in [0.4, 0.5) is 11.4 Å². The summed E-state index contributed by atoms with van der Waals surface area (Å²) in [7, 11) is 0. The first-order chi connectivity index (χ1) is 28.4. The Labute approximate surface area is 372 Å². The SMILES string of the molecule is CC(CC(=O)Nc1ccc(Br)c2cccnc12)c1ccccc1Cl.CC(CC(=O)O)c1ccccc1Cl.CC(CCNc1ccc(Br)c2cccnc12)c1ccccc1. The number of aromatic nitrogens is 2. The highest BCUT2D eigenvalue weighted by Crippen LogP contribution is 2.32. The molecule has 7 rings (SSSR count). The van der Waals surface area contributed by atoms with Gasteiger partial charge in [-0.1, -0.05) is 155 Å². The predicted molar refractivity (Wildman–Crippen MR) is 252 cm³/mol. The van der Waals surface area contributed by atoms with Gasteiger partial charge in [-0.05, 0) is 89.4 Å². The summed E-state index contributed by atoms with van der Waals surface area (Å²) in [6.45, 7) is 7.06. The number of nitrogens with one attached hydrogen (secondary N) is 2. The Hall–Kier alpha value is -4.80. The predicted octanol–water partition coefficient (Wildman–Crippen LogP) is 14.3. The first-order valence-electron chi connectivity index (χ1n) is 19.3. The molecule has 3 unspecified atom stereocenters. The van der Waals surface area contributed by atoms with Crippen LogP contribution in [0.15, 0.2) is 149 Å². The zero-order chi connectivity index (χ0) is 42.3. The quantitative estimate of drug-likeness (QED) is 0.113. The van der Waals surface area contributed by atoms with Crippen LogP contribution in [0, 0.1) is 0 Å². The number of amides is 1. The molecule has 5 aromatic carbocycles. The van der Waals surface area contributed by atoms with Crippen molar-refractivity contribution < 1.29 is 14.7 Å². The molecule has 0 bridgehead atoms. The van der Waals surface area contributed by atoms with E-state index in [-0.39, 0.29) is 24.2 Å². The van der Waals surface area contributed by atoms with Gasteiger partial charge in [-0.2, -0.15) is 0 Å². The maximum absolute atomic E-state index is 12.4. The van der Waals surface area contributed by atoms with Crippen molar-refractivity contribution in [2.24, 2.45) is 0 Å². The molecule has 0 saturated carbocycles. The van der Waals surface area contributed by atoms with Crippen LogP contribution in [-0.2, 0) is 9.59 Å². The topological polar surface area (TPSA) is 104 Å². The minimum Gasteiger partial charge on any atom is -0.481 e. The van der Waals surface area contributed by atoms with E-state index in [1.165, 1.54) is 5.56 Å². The van der Waals surface area contributed by atoms with E-state index in [9.17, 15) is 9.59 Å². The third-order valence-electron chi connectivity index (χ3n) is 9.81. The maximum atomic E-state index is 12.4. The second kappa shape index (κ2) is 22.5. The molecule has 2 heterocycles. The van der Waals surface area contributed by atoms with Gasteiger partial charge in [0.1, 0.15) is 0 Å². The molecule has 0 saturated heterocycles. The van der Waals surface area contributed by atoms with Crippen molar-refractivity contribution in [1.82, 2.24) is 9.97 Å². The summed E-state index contributed by atoms with van der Waals surface area (Å²) in [5.74, 6) is -0.313. The molecule has 3 N–H and O–H groups in total. The molecule has 3 atom stereocenters. The lowest BCUT2D eigenvalue weighted by atomic mass is 9.97. The molecule has 0 spiro atoms. The average molecular weight is 958 g/mol. The van der Waals surface area contributed by atoms with Crippen LogP contribution >= 0.6 is 55.1 Å². The molecule has 59 heavy (non-hydrogen) atoms. The Kier molecular flexibility index (Phi) is 17.3. The van der Waals surface area contributed by atoms with Crippen LogP contribution in [0.25, 0.3) is 21.8 Å². The van der Waals surface area contributed by atoms with E-state index >= 15 is 0 Å². The summed E-state index contributed by atoms with van der Waals surface area (Å²) in [5, 5.41) is 18.5. The second-order valence-electron chi connectivity index (χ2n) is 14.2. The lowest BCUT2D eigenvalue weighted by Gasteiger charge is -2.14. The molecule has 7 aromatic rings. The van der Waals surface area contributed by atoms with Gasteiger partial charge in [-0.3, -0.25) is 19.6 Å². The maximum Gasteiger partial charge on any atom is 0.303 e. The van der Waals surface area contributed by atoms with Crippen molar-refractivity contribution in [2.45, 2.75) is 57.8 Å². The summed E-state index contributed by atoms with van der Waals surface area (Å²) < 4.78 is 2.03. The molecule has 7 nitrogen and oxygen atoms in total. The van der Waals surface area contributed by atoms with Gasteiger partial charge in [0.05, 0.1) is 28.8 Å². The zero-order valence-corrected chi connectivity index (χ0v) is 37.7. The Balaban J connectivity index is 0.000000176. The van der Waals surface area contributed by atoms with E-state index in [4.69, 9.17) is 28.3 Å². The molecular weight excluding hydrogens is 911 g/mol. The Morgan fingerprint density at radius 2 is 1.10 bits per heavy atom. The highest BCUT2D eigenvalue weighted by atomic mass is 79.9. The Morgan fingerprint density at radius 1 is 0.610 bits per heavy atom. The fourth-order valence-corrected chi connectivity index (χ4v) is 8.15. The molecule has 2 aromatic heterocycles. The normalized spacial score (nSPS) is 12.3. The summed E-state index contributed by atoms with van der Waals surface area (Å²) in [6, 6.07) is 41.4. The number of hydrogen-bond donors (Lipinski definition) is 3. The van der Waals surface area contributed by atoms with E-state index in [2.05, 4.69) is 108 Å². The number of nitrogens with zero attached hydrogens (tertiary/aromatic N) is 2. The first kappa shape index (κ1) is 45.3. The number of fused-ring (bicyclic) bond motifs is 2. The van der Waals surface area contributed by atoms with Crippen LogP contribution in [0.1, 0.15) is 74.5 Å². The standard InChI is InChI=1S/C19H16BrClN2O.C19H19BrN2.C10H11ClO2/c1-12(13-5-2-3-7-16(13)21)11-18(24)23-17-9-8-15(20)14-6-4-10-22-19(14)17;1-14(15-6-3-2-4-7-15)11-13-21-18-10-9-17(20)16-8-5-12-22-19(16)18;1-7(6-10(12)13)8-4-2-3-5-9(8)11/h2-10,12H,11H2,1H3,(H,23,24);2-10,12,14,21H,11,13H2,1H3;2-5,7H,6H2,1H3,(H,12,13). The number of pyridine rings is 2. The number of halogens is 4. The second-order valence-corrected chi connectivity index (χ2v) is 16.7. The number of benzene rings is 5. The minimum absolute atomic E-state index is 0.0355. The van der Waals surface area contributed by atoms with Crippen LogP contribution in [0.2, 0.25) is 10.0 Å².